The first-order valence-corrected chi connectivity index (χ1v) is 6.58. The minimum Gasteiger partial charge on any atom is -0.325 e. The van der Waals surface area contributed by atoms with Crippen LogP contribution in [0.1, 0.15) is 32.1 Å². The van der Waals surface area contributed by atoms with E-state index in [1.54, 1.807) is 12.3 Å². The highest BCUT2D eigenvalue weighted by atomic mass is 79.9. The first kappa shape index (κ1) is 12.5. The van der Waals surface area contributed by atoms with Gasteiger partial charge < -0.3 is 11.1 Å². The Hall–Kier alpha value is -0.940. The number of nitrogens with one attached hydrogen (secondary N) is 1. The first-order chi connectivity index (χ1) is 8.09. The van der Waals surface area contributed by atoms with Crippen LogP contribution in [-0.4, -0.2) is 16.4 Å². The lowest BCUT2D eigenvalue weighted by Crippen LogP contribution is -2.40. The number of carbonyl (C=O) groups is 1. The molecule has 0 aromatic carbocycles. The lowest BCUT2D eigenvalue weighted by atomic mass is 9.94. The van der Waals surface area contributed by atoms with E-state index in [-0.39, 0.29) is 11.4 Å². The molecule has 0 bridgehead atoms. The number of hydrogen-bond donors (Lipinski definition) is 2. The lowest BCUT2D eigenvalue weighted by Gasteiger charge is -2.22. The fraction of sp³-hybridized carbons (Fsp3) is 0.500. The Morgan fingerprint density at radius 3 is 2.88 bits per heavy atom. The van der Waals surface area contributed by atoms with Crippen molar-refractivity contribution in [3.8, 4) is 0 Å². The van der Waals surface area contributed by atoms with Crippen LogP contribution in [0.25, 0.3) is 0 Å². The highest BCUT2D eigenvalue weighted by molar-refractivity contribution is 9.10. The zero-order valence-electron chi connectivity index (χ0n) is 9.58. The molecule has 0 saturated heterocycles. The van der Waals surface area contributed by atoms with Crippen molar-refractivity contribution in [1.82, 2.24) is 4.98 Å². The van der Waals surface area contributed by atoms with Gasteiger partial charge in [-0.25, -0.2) is 4.98 Å². The van der Waals surface area contributed by atoms with E-state index in [1.807, 2.05) is 6.07 Å². The molecule has 0 aliphatic heterocycles. The number of hydrogen-bond acceptors (Lipinski definition) is 3. The molecule has 1 amide bonds. The SMILES string of the molecule is NC1(CC(=O)Nc2ncccc2Br)CCCC1. The summed E-state index contributed by atoms with van der Waals surface area (Å²) >= 11 is 3.34. The van der Waals surface area contributed by atoms with Crippen molar-refractivity contribution in [2.45, 2.75) is 37.6 Å². The van der Waals surface area contributed by atoms with E-state index >= 15 is 0 Å². The van der Waals surface area contributed by atoms with E-state index in [4.69, 9.17) is 5.73 Å². The summed E-state index contributed by atoms with van der Waals surface area (Å²) in [5.41, 5.74) is 5.84. The molecule has 2 rings (SSSR count). The molecule has 5 heteroatoms. The second-order valence-electron chi connectivity index (χ2n) is 4.63. The van der Waals surface area contributed by atoms with Crippen molar-refractivity contribution < 1.29 is 4.79 Å². The Balaban J connectivity index is 1.96. The predicted octanol–water partition coefficient (Wildman–Crippen LogP) is 2.44. The van der Waals surface area contributed by atoms with Gasteiger partial charge in [0.05, 0.1) is 4.47 Å². The van der Waals surface area contributed by atoms with E-state index in [1.165, 1.54) is 0 Å². The van der Waals surface area contributed by atoms with Crippen LogP contribution in [0.15, 0.2) is 22.8 Å². The van der Waals surface area contributed by atoms with Crippen LogP contribution in [0, 0.1) is 0 Å². The molecule has 0 atom stereocenters. The molecule has 1 saturated carbocycles. The lowest BCUT2D eigenvalue weighted by molar-refractivity contribution is -0.117. The Bertz CT molecular complexity index is 416. The summed E-state index contributed by atoms with van der Waals surface area (Å²) in [4.78, 5) is 16.0. The van der Waals surface area contributed by atoms with E-state index in [9.17, 15) is 4.79 Å². The van der Waals surface area contributed by atoms with E-state index in [0.717, 1.165) is 30.2 Å². The van der Waals surface area contributed by atoms with Gasteiger partial charge in [-0.1, -0.05) is 12.8 Å². The Labute approximate surface area is 109 Å². The van der Waals surface area contributed by atoms with Crippen LogP contribution in [0.2, 0.25) is 0 Å². The third-order valence-electron chi connectivity index (χ3n) is 3.13. The normalized spacial score (nSPS) is 18.0. The summed E-state index contributed by atoms with van der Waals surface area (Å²) in [5, 5.41) is 2.79. The Morgan fingerprint density at radius 2 is 2.24 bits per heavy atom. The molecular formula is C12H16BrN3O. The number of rotatable bonds is 3. The number of pyridine rings is 1. The monoisotopic (exact) mass is 297 g/mol. The van der Waals surface area contributed by atoms with Gasteiger partial charge in [0.1, 0.15) is 5.82 Å². The molecule has 1 heterocycles. The molecule has 0 radical (unpaired) electrons. The van der Waals surface area contributed by atoms with Crippen molar-refractivity contribution in [1.29, 1.82) is 0 Å². The topological polar surface area (TPSA) is 68.0 Å². The summed E-state index contributed by atoms with van der Waals surface area (Å²) in [6, 6.07) is 3.65. The standard InChI is InChI=1S/C12H16BrN3O/c13-9-4-3-7-15-11(9)16-10(17)8-12(14)5-1-2-6-12/h3-4,7H,1-2,5-6,8,14H2,(H,15,16,17). The first-order valence-electron chi connectivity index (χ1n) is 5.78. The molecule has 1 fully saturated rings. The minimum absolute atomic E-state index is 0.0613. The van der Waals surface area contributed by atoms with Crippen molar-refractivity contribution in [2.75, 3.05) is 5.32 Å². The van der Waals surface area contributed by atoms with Gasteiger partial charge in [0, 0.05) is 18.2 Å². The second-order valence-corrected chi connectivity index (χ2v) is 5.48. The van der Waals surface area contributed by atoms with Gasteiger partial charge >= 0.3 is 0 Å². The highest BCUT2D eigenvalue weighted by Crippen LogP contribution is 2.30. The van der Waals surface area contributed by atoms with Gasteiger partial charge in [-0.15, -0.1) is 0 Å². The second kappa shape index (κ2) is 5.14. The maximum Gasteiger partial charge on any atom is 0.227 e. The molecule has 0 spiro atoms. The fourth-order valence-electron chi connectivity index (χ4n) is 2.23. The quantitative estimate of drug-likeness (QED) is 0.900. The number of nitrogens with zero attached hydrogens (tertiary/aromatic N) is 1. The van der Waals surface area contributed by atoms with E-state index < -0.39 is 0 Å². The molecule has 1 aliphatic rings. The van der Waals surface area contributed by atoms with Gasteiger partial charge in [0.2, 0.25) is 5.91 Å². The molecule has 4 nitrogen and oxygen atoms in total. The van der Waals surface area contributed by atoms with E-state index in [0.29, 0.717) is 12.2 Å². The largest absolute Gasteiger partial charge is 0.325 e. The summed E-state index contributed by atoms with van der Waals surface area (Å²) < 4.78 is 0.783. The Morgan fingerprint density at radius 1 is 1.53 bits per heavy atom. The van der Waals surface area contributed by atoms with Crippen LogP contribution in [0.5, 0.6) is 0 Å². The Kier molecular flexibility index (Phi) is 3.79. The molecule has 92 valence electrons. The summed E-state index contributed by atoms with van der Waals surface area (Å²) in [7, 11) is 0. The number of amides is 1. The maximum absolute atomic E-state index is 11.9. The van der Waals surface area contributed by atoms with Gasteiger partial charge in [-0.05, 0) is 40.9 Å². The third kappa shape index (κ3) is 3.26. The van der Waals surface area contributed by atoms with E-state index in [2.05, 4.69) is 26.2 Å². The number of carbonyl (C=O) groups excluding carboxylic acids is 1. The van der Waals surface area contributed by atoms with Crippen molar-refractivity contribution in [3.63, 3.8) is 0 Å². The van der Waals surface area contributed by atoms with Gasteiger partial charge in [-0.2, -0.15) is 0 Å². The smallest absolute Gasteiger partial charge is 0.227 e. The summed E-state index contributed by atoms with van der Waals surface area (Å²) in [6.45, 7) is 0. The van der Waals surface area contributed by atoms with Crippen LogP contribution in [0.3, 0.4) is 0 Å². The molecule has 1 aromatic heterocycles. The molecule has 1 aromatic rings. The average Bonchev–Trinajstić information content (AvgIpc) is 2.68. The maximum atomic E-state index is 11.9. The van der Waals surface area contributed by atoms with Gasteiger partial charge in [-0.3, -0.25) is 4.79 Å². The summed E-state index contributed by atoms with van der Waals surface area (Å²) in [6.07, 6.45) is 6.13. The number of halogens is 1. The number of anilines is 1. The van der Waals surface area contributed by atoms with Crippen LogP contribution in [0.4, 0.5) is 5.82 Å². The van der Waals surface area contributed by atoms with Gasteiger partial charge in [0.25, 0.3) is 0 Å². The van der Waals surface area contributed by atoms with Crippen molar-refractivity contribution in [2.24, 2.45) is 5.73 Å². The zero-order valence-corrected chi connectivity index (χ0v) is 11.2. The third-order valence-corrected chi connectivity index (χ3v) is 3.77. The van der Waals surface area contributed by atoms with Crippen molar-refractivity contribution in [3.05, 3.63) is 22.8 Å². The van der Waals surface area contributed by atoms with Gasteiger partial charge in [0.15, 0.2) is 0 Å². The van der Waals surface area contributed by atoms with Crippen LogP contribution >= 0.6 is 15.9 Å². The van der Waals surface area contributed by atoms with Crippen LogP contribution in [-0.2, 0) is 4.79 Å². The summed E-state index contributed by atoms with van der Waals surface area (Å²) in [5.74, 6) is 0.493. The zero-order chi connectivity index (χ0) is 12.3. The molecule has 1 aliphatic carbocycles. The number of aromatic nitrogens is 1. The molecular weight excluding hydrogens is 282 g/mol. The molecule has 0 unspecified atom stereocenters. The predicted molar refractivity (Wildman–Crippen MR) is 70.6 cm³/mol. The van der Waals surface area contributed by atoms with Crippen LogP contribution < -0.4 is 11.1 Å². The minimum atomic E-state index is -0.314. The molecule has 3 N–H and O–H groups in total. The number of nitrogens with two attached hydrogens (primary N) is 1. The fourth-order valence-corrected chi connectivity index (χ4v) is 2.58. The molecule has 17 heavy (non-hydrogen) atoms. The average molecular weight is 298 g/mol. The van der Waals surface area contributed by atoms with Crippen molar-refractivity contribution >= 4 is 27.7 Å². The highest BCUT2D eigenvalue weighted by Gasteiger charge is 2.31.